The average molecular weight is 438 g/mol. The van der Waals surface area contributed by atoms with Gasteiger partial charge in [0.25, 0.3) is 0 Å². The molecular formula is C29H24ClNO. The van der Waals surface area contributed by atoms with Crippen LogP contribution in [-0.4, -0.2) is 7.11 Å². The SMILES string of the molecule is C=C(c1ccc(OC)cc1)c1cc(Cl)ccc1NC=C(c1ccccc1)c1ccccc1. The van der Waals surface area contributed by atoms with E-state index in [0.717, 1.165) is 44.8 Å². The van der Waals surface area contributed by atoms with Crippen LogP contribution in [0.2, 0.25) is 5.02 Å². The minimum absolute atomic E-state index is 0.663. The molecule has 0 atom stereocenters. The molecule has 0 spiro atoms. The van der Waals surface area contributed by atoms with Crippen LogP contribution in [0.5, 0.6) is 5.75 Å². The van der Waals surface area contributed by atoms with Gasteiger partial charge in [0.1, 0.15) is 5.75 Å². The molecule has 4 rings (SSSR count). The molecule has 0 saturated heterocycles. The number of benzene rings is 4. The lowest BCUT2D eigenvalue weighted by atomic mass is 9.97. The van der Waals surface area contributed by atoms with Gasteiger partial charge in [0.15, 0.2) is 0 Å². The summed E-state index contributed by atoms with van der Waals surface area (Å²) in [4.78, 5) is 0. The number of hydrogen-bond donors (Lipinski definition) is 1. The molecule has 2 nitrogen and oxygen atoms in total. The van der Waals surface area contributed by atoms with Gasteiger partial charge in [-0.25, -0.2) is 0 Å². The van der Waals surface area contributed by atoms with E-state index in [4.69, 9.17) is 16.3 Å². The lowest BCUT2D eigenvalue weighted by Crippen LogP contribution is -1.98. The molecular weight excluding hydrogens is 414 g/mol. The van der Waals surface area contributed by atoms with Gasteiger partial charge in [-0.3, -0.25) is 0 Å². The summed E-state index contributed by atoms with van der Waals surface area (Å²) in [5.41, 5.74) is 7.13. The van der Waals surface area contributed by atoms with Crippen LogP contribution in [0.1, 0.15) is 22.3 Å². The van der Waals surface area contributed by atoms with E-state index >= 15 is 0 Å². The van der Waals surface area contributed by atoms with Crippen LogP contribution in [0.4, 0.5) is 5.69 Å². The van der Waals surface area contributed by atoms with E-state index in [1.54, 1.807) is 7.11 Å². The van der Waals surface area contributed by atoms with Crippen molar-refractivity contribution >= 4 is 28.4 Å². The number of nitrogens with one attached hydrogen (secondary N) is 1. The zero-order valence-corrected chi connectivity index (χ0v) is 18.6. The van der Waals surface area contributed by atoms with Crippen molar-refractivity contribution in [3.8, 4) is 5.75 Å². The zero-order valence-electron chi connectivity index (χ0n) is 17.9. The van der Waals surface area contributed by atoms with Crippen molar-refractivity contribution in [2.45, 2.75) is 0 Å². The number of rotatable bonds is 7. The topological polar surface area (TPSA) is 21.3 Å². The Morgan fingerprint density at radius 3 is 1.94 bits per heavy atom. The fourth-order valence-electron chi connectivity index (χ4n) is 3.56. The molecule has 4 aromatic rings. The van der Waals surface area contributed by atoms with E-state index in [9.17, 15) is 0 Å². The first-order valence-corrected chi connectivity index (χ1v) is 10.7. The third-order valence-electron chi connectivity index (χ3n) is 5.29. The smallest absolute Gasteiger partial charge is 0.118 e. The Labute approximate surface area is 194 Å². The van der Waals surface area contributed by atoms with Crippen molar-refractivity contribution in [2.75, 3.05) is 12.4 Å². The van der Waals surface area contributed by atoms with Gasteiger partial charge < -0.3 is 10.1 Å². The largest absolute Gasteiger partial charge is 0.497 e. The van der Waals surface area contributed by atoms with Crippen LogP contribution in [-0.2, 0) is 0 Å². The molecule has 32 heavy (non-hydrogen) atoms. The molecule has 158 valence electrons. The van der Waals surface area contributed by atoms with E-state index in [1.807, 2.05) is 85.1 Å². The molecule has 0 aliphatic heterocycles. The Kier molecular flexibility index (Phi) is 6.74. The summed E-state index contributed by atoms with van der Waals surface area (Å²) in [6.45, 7) is 4.34. The molecule has 0 aromatic heterocycles. The Bertz CT molecular complexity index is 1190. The number of anilines is 1. The molecule has 0 aliphatic carbocycles. The summed E-state index contributed by atoms with van der Waals surface area (Å²) >= 11 is 6.35. The van der Waals surface area contributed by atoms with Crippen molar-refractivity contribution < 1.29 is 4.74 Å². The van der Waals surface area contributed by atoms with Crippen molar-refractivity contribution in [1.29, 1.82) is 0 Å². The van der Waals surface area contributed by atoms with E-state index in [-0.39, 0.29) is 0 Å². The average Bonchev–Trinajstić information content (AvgIpc) is 2.86. The van der Waals surface area contributed by atoms with Crippen molar-refractivity contribution in [2.24, 2.45) is 0 Å². The van der Waals surface area contributed by atoms with Crippen molar-refractivity contribution in [3.63, 3.8) is 0 Å². The van der Waals surface area contributed by atoms with Crippen LogP contribution in [0, 0.1) is 0 Å². The fourth-order valence-corrected chi connectivity index (χ4v) is 3.73. The standard InChI is InChI=1S/C29H24ClNO/c1-21(22-13-16-26(32-2)17-14-22)27-19-25(30)15-18-29(27)31-20-28(23-9-5-3-6-10-23)24-11-7-4-8-12-24/h3-20,31H,1H2,2H3. The third kappa shape index (κ3) is 4.93. The molecule has 0 saturated carbocycles. The Balaban J connectivity index is 1.71. The summed E-state index contributed by atoms with van der Waals surface area (Å²) in [5, 5.41) is 4.17. The van der Waals surface area contributed by atoms with Gasteiger partial charge >= 0.3 is 0 Å². The monoisotopic (exact) mass is 437 g/mol. The molecule has 0 heterocycles. The van der Waals surface area contributed by atoms with Gasteiger partial charge in [0.05, 0.1) is 7.11 Å². The lowest BCUT2D eigenvalue weighted by molar-refractivity contribution is 0.415. The number of halogens is 1. The van der Waals surface area contributed by atoms with Gasteiger partial charge in [-0.05, 0) is 52.6 Å². The van der Waals surface area contributed by atoms with Gasteiger partial charge in [0.2, 0.25) is 0 Å². The minimum atomic E-state index is 0.663. The Morgan fingerprint density at radius 1 is 0.781 bits per heavy atom. The molecule has 3 heteroatoms. The third-order valence-corrected chi connectivity index (χ3v) is 5.52. The van der Waals surface area contributed by atoms with Gasteiger partial charge in [-0.2, -0.15) is 0 Å². The van der Waals surface area contributed by atoms with Crippen molar-refractivity contribution in [1.82, 2.24) is 0 Å². The Hall–Kier alpha value is -3.75. The number of methoxy groups -OCH3 is 1. The number of hydrogen-bond acceptors (Lipinski definition) is 2. The highest BCUT2D eigenvalue weighted by atomic mass is 35.5. The highest BCUT2D eigenvalue weighted by molar-refractivity contribution is 6.31. The second-order valence-electron chi connectivity index (χ2n) is 7.33. The predicted molar refractivity (Wildman–Crippen MR) is 136 cm³/mol. The van der Waals surface area contributed by atoms with Crippen LogP contribution in [0.25, 0.3) is 11.1 Å². The highest BCUT2D eigenvalue weighted by Gasteiger charge is 2.10. The molecule has 4 aromatic carbocycles. The van der Waals surface area contributed by atoms with E-state index in [1.165, 1.54) is 0 Å². The zero-order chi connectivity index (χ0) is 22.3. The predicted octanol–water partition coefficient (Wildman–Crippen LogP) is 7.91. The fraction of sp³-hybridized carbons (Fsp3) is 0.0345. The maximum atomic E-state index is 6.35. The van der Waals surface area contributed by atoms with Crippen LogP contribution >= 0.6 is 11.6 Å². The van der Waals surface area contributed by atoms with Gasteiger partial charge in [-0.1, -0.05) is 91.0 Å². The molecule has 0 fully saturated rings. The molecule has 1 N–H and O–H groups in total. The van der Waals surface area contributed by atoms with Crippen LogP contribution in [0.3, 0.4) is 0 Å². The summed E-state index contributed by atoms with van der Waals surface area (Å²) in [5.74, 6) is 0.810. The van der Waals surface area contributed by atoms with Crippen LogP contribution < -0.4 is 10.1 Å². The summed E-state index contributed by atoms with van der Waals surface area (Å²) < 4.78 is 5.28. The summed E-state index contributed by atoms with van der Waals surface area (Å²) in [6.07, 6.45) is 2.04. The van der Waals surface area contributed by atoms with Gasteiger partial charge in [-0.15, -0.1) is 0 Å². The second kappa shape index (κ2) is 10.0. The molecule has 0 aliphatic rings. The molecule has 0 unspecified atom stereocenters. The summed E-state index contributed by atoms with van der Waals surface area (Å²) in [7, 11) is 1.66. The molecule has 0 radical (unpaired) electrons. The van der Waals surface area contributed by atoms with Crippen molar-refractivity contribution in [3.05, 3.63) is 143 Å². The normalized spacial score (nSPS) is 10.3. The first kappa shape index (κ1) is 21.5. The van der Waals surface area contributed by atoms with E-state index < -0.39 is 0 Å². The molecule has 0 bridgehead atoms. The maximum Gasteiger partial charge on any atom is 0.118 e. The first-order chi connectivity index (χ1) is 15.7. The van der Waals surface area contributed by atoms with Crippen LogP contribution in [0.15, 0.2) is 116 Å². The Morgan fingerprint density at radius 2 is 1.38 bits per heavy atom. The quantitative estimate of drug-likeness (QED) is 0.317. The highest BCUT2D eigenvalue weighted by Crippen LogP contribution is 2.32. The molecule has 0 amide bonds. The lowest BCUT2D eigenvalue weighted by Gasteiger charge is -2.15. The minimum Gasteiger partial charge on any atom is -0.497 e. The second-order valence-corrected chi connectivity index (χ2v) is 7.77. The van der Waals surface area contributed by atoms with E-state index in [2.05, 4.69) is 36.2 Å². The number of ether oxygens (including phenoxy) is 1. The van der Waals surface area contributed by atoms with E-state index in [0.29, 0.717) is 5.02 Å². The van der Waals surface area contributed by atoms with Gasteiger partial charge in [0, 0.05) is 28.0 Å². The maximum absolute atomic E-state index is 6.35. The first-order valence-electron chi connectivity index (χ1n) is 10.4. The summed E-state index contributed by atoms with van der Waals surface area (Å²) in [6, 6.07) is 34.3.